The zero-order valence-electron chi connectivity index (χ0n) is 14.4. The molecule has 0 aliphatic rings. The van der Waals surface area contributed by atoms with Crippen molar-refractivity contribution in [2.45, 2.75) is 13.8 Å². The van der Waals surface area contributed by atoms with Crippen LogP contribution in [0.3, 0.4) is 0 Å². The van der Waals surface area contributed by atoms with Crippen LogP contribution < -0.4 is 14.9 Å². The summed E-state index contributed by atoms with van der Waals surface area (Å²) in [5.41, 5.74) is 2.58. The first-order valence-electron chi connectivity index (χ1n) is 7.99. The van der Waals surface area contributed by atoms with Crippen LogP contribution in [0.25, 0.3) is 21.9 Å². The summed E-state index contributed by atoms with van der Waals surface area (Å²) in [5.74, 6) is 0.988. The van der Waals surface area contributed by atoms with Gasteiger partial charge in [0.2, 0.25) is 5.43 Å². The maximum atomic E-state index is 12.9. The molecule has 4 heteroatoms. The van der Waals surface area contributed by atoms with Crippen molar-refractivity contribution < 1.29 is 13.9 Å². The molecule has 0 unspecified atom stereocenters. The number of para-hydroxylation sites is 1. The monoisotopic (exact) mass is 336 g/mol. The predicted molar refractivity (Wildman–Crippen MR) is 101 cm³/mol. The molecule has 4 nitrogen and oxygen atoms in total. The third kappa shape index (κ3) is 3.58. The second-order valence-corrected chi connectivity index (χ2v) is 6.21. The minimum absolute atomic E-state index is 0.125. The standard InChI is InChI=1S/C21H20O4/c1-13(2)11-23-15-9-18(24-12-14(3)4)20-19(10-15)25-17-8-6-5-7-16(17)21(20)22/h5-10H,1,3,11-12H2,2,4H3. The molecule has 3 rings (SSSR count). The molecule has 2 aromatic carbocycles. The Morgan fingerprint density at radius 1 is 1.00 bits per heavy atom. The Morgan fingerprint density at radius 3 is 2.40 bits per heavy atom. The molecule has 3 aromatic rings. The van der Waals surface area contributed by atoms with Gasteiger partial charge in [-0.1, -0.05) is 25.3 Å². The number of hydrogen-bond acceptors (Lipinski definition) is 4. The van der Waals surface area contributed by atoms with Crippen LogP contribution in [-0.4, -0.2) is 13.2 Å². The van der Waals surface area contributed by atoms with Gasteiger partial charge in [-0.05, 0) is 37.1 Å². The SMILES string of the molecule is C=C(C)COc1cc(OCC(=C)C)c2c(=O)c3ccccc3oc2c1. The van der Waals surface area contributed by atoms with Gasteiger partial charge in [-0.15, -0.1) is 0 Å². The Labute approximate surface area is 146 Å². The first kappa shape index (κ1) is 16.8. The Balaban J connectivity index is 2.22. The minimum Gasteiger partial charge on any atom is -0.489 e. The number of rotatable bonds is 6. The lowest BCUT2D eigenvalue weighted by atomic mass is 10.1. The summed E-state index contributed by atoms with van der Waals surface area (Å²) in [6, 6.07) is 10.6. The summed E-state index contributed by atoms with van der Waals surface area (Å²) >= 11 is 0. The molecule has 1 aromatic heterocycles. The Bertz CT molecular complexity index is 1030. The van der Waals surface area contributed by atoms with E-state index in [1.165, 1.54) is 0 Å². The summed E-state index contributed by atoms with van der Waals surface area (Å²) < 4.78 is 17.4. The summed E-state index contributed by atoms with van der Waals surface area (Å²) in [6.07, 6.45) is 0. The van der Waals surface area contributed by atoms with Gasteiger partial charge in [-0.2, -0.15) is 0 Å². The van der Waals surface area contributed by atoms with Crippen LogP contribution in [0, 0.1) is 0 Å². The van der Waals surface area contributed by atoms with Crippen LogP contribution in [0.1, 0.15) is 13.8 Å². The molecule has 1 heterocycles. The summed E-state index contributed by atoms with van der Waals surface area (Å²) in [7, 11) is 0. The zero-order chi connectivity index (χ0) is 18.0. The quantitative estimate of drug-likeness (QED) is 0.476. The van der Waals surface area contributed by atoms with Crippen LogP contribution in [-0.2, 0) is 0 Å². The molecule has 0 bridgehead atoms. The molecule has 0 radical (unpaired) electrons. The van der Waals surface area contributed by atoms with E-state index in [9.17, 15) is 4.79 Å². The first-order valence-corrected chi connectivity index (χ1v) is 7.99. The highest BCUT2D eigenvalue weighted by atomic mass is 16.5. The molecular formula is C21H20O4. The fourth-order valence-electron chi connectivity index (χ4n) is 2.47. The van der Waals surface area contributed by atoms with Crippen LogP contribution in [0.2, 0.25) is 0 Å². The van der Waals surface area contributed by atoms with Crippen LogP contribution in [0.5, 0.6) is 11.5 Å². The van der Waals surface area contributed by atoms with Gasteiger partial charge in [-0.25, -0.2) is 0 Å². The topological polar surface area (TPSA) is 48.7 Å². The predicted octanol–water partition coefficient (Wildman–Crippen LogP) is 4.86. The van der Waals surface area contributed by atoms with Crippen molar-refractivity contribution in [3.05, 3.63) is 70.9 Å². The molecule has 0 fully saturated rings. The van der Waals surface area contributed by atoms with Crippen LogP contribution in [0.15, 0.2) is 69.9 Å². The third-order valence-corrected chi connectivity index (χ3v) is 3.58. The van der Waals surface area contributed by atoms with Gasteiger partial charge in [0.05, 0.1) is 5.39 Å². The molecule has 25 heavy (non-hydrogen) atoms. The molecule has 128 valence electrons. The zero-order valence-corrected chi connectivity index (χ0v) is 14.4. The number of hydrogen-bond donors (Lipinski definition) is 0. The average molecular weight is 336 g/mol. The molecule has 0 atom stereocenters. The number of benzene rings is 2. The Hall–Kier alpha value is -3.01. The molecular weight excluding hydrogens is 316 g/mol. The second kappa shape index (κ2) is 6.85. The van der Waals surface area contributed by atoms with E-state index < -0.39 is 0 Å². The maximum absolute atomic E-state index is 12.9. The highest BCUT2D eigenvalue weighted by Crippen LogP contribution is 2.32. The lowest BCUT2D eigenvalue weighted by molar-refractivity contribution is 0.337. The van der Waals surface area contributed by atoms with E-state index in [0.717, 1.165) is 11.1 Å². The van der Waals surface area contributed by atoms with Gasteiger partial charge < -0.3 is 13.9 Å². The van der Waals surface area contributed by atoms with E-state index in [1.54, 1.807) is 24.3 Å². The van der Waals surface area contributed by atoms with E-state index in [4.69, 9.17) is 13.9 Å². The molecule has 0 saturated heterocycles. The molecule has 0 spiro atoms. The number of fused-ring (bicyclic) bond motifs is 2. The highest BCUT2D eigenvalue weighted by molar-refractivity contribution is 5.94. The smallest absolute Gasteiger partial charge is 0.204 e. The minimum atomic E-state index is -0.125. The second-order valence-electron chi connectivity index (χ2n) is 6.21. The lowest BCUT2D eigenvalue weighted by Crippen LogP contribution is -2.07. The van der Waals surface area contributed by atoms with Gasteiger partial charge in [0, 0.05) is 12.1 Å². The maximum Gasteiger partial charge on any atom is 0.204 e. The van der Waals surface area contributed by atoms with Crippen molar-refractivity contribution in [2.75, 3.05) is 13.2 Å². The summed E-state index contributed by atoms with van der Waals surface area (Å²) in [6.45, 7) is 12.1. The van der Waals surface area contributed by atoms with Crippen LogP contribution in [0.4, 0.5) is 0 Å². The van der Waals surface area contributed by atoms with Gasteiger partial charge in [0.25, 0.3) is 0 Å². The van der Waals surface area contributed by atoms with E-state index >= 15 is 0 Å². The number of ether oxygens (including phenoxy) is 2. The van der Waals surface area contributed by atoms with Gasteiger partial charge in [-0.3, -0.25) is 4.79 Å². The van der Waals surface area contributed by atoms with E-state index in [1.807, 2.05) is 26.0 Å². The average Bonchev–Trinajstić information content (AvgIpc) is 2.57. The largest absolute Gasteiger partial charge is 0.489 e. The molecule has 0 N–H and O–H groups in total. The fraction of sp³-hybridized carbons (Fsp3) is 0.190. The molecule has 0 amide bonds. The van der Waals surface area contributed by atoms with Crippen molar-refractivity contribution in [3.8, 4) is 11.5 Å². The van der Waals surface area contributed by atoms with Crippen molar-refractivity contribution in [2.24, 2.45) is 0 Å². The van der Waals surface area contributed by atoms with Crippen molar-refractivity contribution in [3.63, 3.8) is 0 Å². The molecule has 0 aliphatic heterocycles. The molecule has 0 aliphatic carbocycles. The fourth-order valence-corrected chi connectivity index (χ4v) is 2.47. The summed E-state index contributed by atoms with van der Waals surface area (Å²) in [4.78, 5) is 12.9. The Morgan fingerprint density at radius 2 is 1.68 bits per heavy atom. The van der Waals surface area contributed by atoms with E-state index in [-0.39, 0.29) is 5.43 Å². The van der Waals surface area contributed by atoms with Crippen LogP contribution >= 0.6 is 0 Å². The van der Waals surface area contributed by atoms with Gasteiger partial charge in [0.15, 0.2) is 0 Å². The molecule has 0 saturated carbocycles. The summed E-state index contributed by atoms with van der Waals surface area (Å²) in [5, 5.41) is 0.924. The van der Waals surface area contributed by atoms with Crippen molar-refractivity contribution in [1.29, 1.82) is 0 Å². The lowest BCUT2D eigenvalue weighted by Gasteiger charge is -2.13. The van der Waals surface area contributed by atoms with E-state index in [0.29, 0.717) is 46.7 Å². The highest BCUT2D eigenvalue weighted by Gasteiger charge is 2.15. The van der Waals surface area contributed by atoms with Gasteiger partial charge in [0.1, 0.15) is 41.3 Å². The normalized spacial score (nSPS) is 10.8. The van der Waals surface area contributed by atoms with Gasteiger partial charge >= 0.3 is 0 Å². The Kier molecular flexibility index (Phi) is 4.61. The van der Waals surface area contributed by atoms with E-state index in [2.05, 4.69) is 13.2 Å². The van der Waals surface area contributed by atoms with Crippen molar-refractivity contribution >= 4 is 21.9 Å². The van der Waals surface area contributed by atoms with Crippen molar-refractivity contribution in [1.82, 2.24) is 0 Å². The first-order chi connectivity index (χ1) is 12.0. The third-order valence-electron chi connectivity index (χ3n) is 3.58.